The molecule has 0 radical (unpaired) electrons. The van der Waals surface area contributed by atoms with Gasteiger partial charge in [-0.3, -0.25) is 0 Å². The first-order valence-corrected chi connectivity index (χ1v) is 7.54. The second kappa shape index (κ2) is 6.66. The molecule has 0 bridgehead atoms. The first-order valence-electron chi connectivity index (χ1n) is 6.74. The summed E-state index contributed by atoms with van der Waals surface area (Å²) in [6.07, 6.45) is 3.06. The Labute approximate surface area is 121 Å². The number of hydrogen-bond donors (Lipinski definition) is 1. The quantitative estimate of drug-likeness (QED) is 0.846. The molecule has 0 atom stereocenters. The van der Waals surface area contributed by atoms with Gasteiger partial charge < -0.3 is 10.2 Å². The smallest absolute Gasteiger partial charge is 0.147 e. The van der Waals surface area contributed by atoms with Gasteiger partial charge in [-0.1, -0.05) is 6.92 Å². The molecule has 1 fully saturated rings. The van der Waals surface area contributed by atoms with Crippen molar-refractivity contribution in [2.24, 2.45) is 0 Å². The maximum atomic E-state index is 13.9. The van der Waals surface area contributed by atoms with E-state index in [-0.39, 0.29) is 10.3 Å². The topological polar surface area (TPSA) is 15.3 Å². The standard InChI is InChI=1S/C14H19BrF2N2/c1-2-5-18-10-3-6-19(7-4-10)14-9-12(16)11(15)8-13(14)17/h8-10,18H,2-7H2,1H3. The molecular formula is C14H19BrF2N2. The molecule has 0 aromatic heterocycles. The van der Waals surface area contributed by atoms with E-state index in [0.717, 1.165) is 38.9 Å². The fourth-order valence-electron chi connectivity index (χ4n) is 2.43. The maximum absolute atomic E-state index is 13.9. The fourth-order valence-corrected chi connectivity index (χ4v) is 2.74. The molecule has 19 heavy (non-hydrogen) atoms. The first-order chi connectivity index (χ1) is 9.11. The van der Waals surface area contributed by atoms with Crippen LogP contribution in [0.15, 0.2) is 16.6 Å². The van der Waals surface area contributed by atoms with Crippen LogP contribution in [0.4, 0.5) is 14.5 Å². The molecule has 1 aromatic carbocycles. The van der Waals surface area contributed by atoms with Crippen LogP contribution in [0.1, 0.15) is 26.2 Å². The van der Waals surface area contributed by atoms with E-state index in [1.54, 1.807) is 0 Å². The summed E-state index contributed by atoms with van der Waals surface area (Å²) < 4.78 is 27.5. The van der Waals surface area contributed by atoms with Crippen molar-refractivity contribution < 1.29 is 8.78 Å². The number of anilines is 1. The summed E-state index contributed by atoms with van der Waals surface area (Å²) in [5.74, 6) is -0.782. The average molecular weight is 333 g/mol. The van der Waals surface area contributed by atoms with Gasteiger partial charge in [-0.05, 0) is 47.8 Å². The zero-order chi connectivity index (χ0) is 13.8. The average Bonchev–Trinajstić information content (AvgIpc) is 2.41. The summed E-state index contributed by atoms with van der Waals surface area (Å²) >= 11 is 3.00. The summed E-state index contributed by atoms with van der Waals surface area (Å²) in [5.41, 5.74) is 0.370. The van der Waals surface area contributed by atoms with Crippen molar-refractivity contribution in [2.75, 3.05) is 24.5 Å². The number of nitrogens with zero attached hydrogens (tertiary/aromatic N) is 1. The normalized spacial score (nSPS) is 16.9. The summed E-state index contributed by atoms with van der Waals surface area (Å²) in [6.45, 7) is 4.69. The SMILES string of the molecule is CCCNC1CCN(c2cc(F)c(Br)cc2F)CC1. The predicted molar refractivity (Wildman–Crippen MR) is 77.6 cm³/mol. The van der Waals surface area contributed by atoms with E-state index in [1.165, 1.54) is 12.1 Å². The van der Waals surface area contributed by atoms with Crippen LogP contribution in [0, 0.1) is 11.6 Å². The highest BCUT2D eigenvalue weighted by molar-refractivity contribution is 9.10. The lowest BCUT2D eigenvalue weighted by Gasteiger charge is -2.34. The van der Waals surface area contributed by atoms with E-state index in [9.17, 15) is 8.78 Å². The van der Waals surface area contributed by atoms with E-state index in [0.29, 0.717) is 11.7 Å². The maximum Gasteiger partial charge on any atom is 0.147 e. The van der Waals surface area contributed by atoms with Crippen molar-refractivity contribution >= 4 is 21.6 Å². The molecule has 1 aliphatic heterocycles. The Morgan fingerprint density at radius 3 is 2.58 bits per heavy atom. The van der Waals surface area contributed by atoms with E-state index in [4.69, 9.17) is 0 Å². The Morgan fingerprint density at radius 2 is 1.95 bits per heavy atom. The Kier molecular flexibility index (Phi) is 5.16. The van der Waals surface area contributed by atoms with E-state index in [2.05, 4.69) is 28.2 Å². The van der Waals surface area contributed by atoms with Crippen molar-refractivity contribution in [3.63, 3.8) is 0 Å². The molecule has 1 saturated heterocycles. The van der Waals surface area contributed by atoms with Gasteiger partial charge in [0.25, 0.3) is 0 Å². The van der Waals surface area contributed by atoms with Gasteiger partial charge in [-0.2, -0.15) is 0 Å². The van der Waals surface area contributed by atoms with Crippen molar-refractivity contribution in [2.45, 2.75) is 32.2 Å². The lowest BCUT2D eigenvalue weighted by molar-refractivity contribution is 0.413. The Balaban J connectivity index is 1.99. The third-order valence-corrected chi connectivity index (χ3v) is 4.12. The van der Waals surface area contributed by atoms with Crippen LogP contribution in [0.3, 0.4) is 0 Å². The molecule has 1 N–H and O–H groups in total. The minimum Gasteiger partial charge on any atom is -0.369 e. The van der Waals surface area contributed by atoms with Crippen LogP contribution >= 0.6 is 15.9 Å². The predicted octanol–water partition coefficient (Wildman–Crippen LogP) is 3.70. The van der Waals surface area contributed by atoms with Crippen LogP contribution in [0.25, 0.3) is 0 Å². The first kappa shape index (κ1) is 14.7. The minimum atomic E-state index is -0.414. The molecule has 1 aromatic rings. The van der Waals surface area contributed by atoms with Gasteiger partial charge in [-0.25, -0.2) is 8.78 Å². The molecule has 106 valence electrons. The van der Waals surface area contributed by atoms with E-state index >= 15 is 0 Å². The van der Waals surface area contributed by atoms with Gasteiger partial charge in [0.05, 0.1) is 10.2 Å². The Bertz CT molecular complexity index is 432. The second-order valence-corrected chi connectivity index (χ2v) is 5.79. The minimum absolute atomic E-state index is 0.174. The third-order valence-electron chi connectivity index (χ3n) is 3.51. The lowest BCUT2D eigenvalue weighted by atomic mass is 10.0. The van der Waals surface area contributed by atoms with Crippen molar-refractivity contribution in [1.82, 2.24) is 5.32 Å². The van der Waals surface area contributed by atoms with Crippen LogP contribution in [-0.2, 0) is 0 Å². The molecule has 0 spiro atoms. The lowest BCUT2D eigenvalue weighted by Crippen LogP contribution is -2.43. The van der Waals surface area contributed by atoms with Crippen LogP contribution < -0.4 is 10.2 Å². The molecule has 0 amide bonds. The number of hydrogen-bond acceptors (Lipinski definition) is 2. The molecule has 0 unspecified atom stereocenters. The molecule has 1 heterocycles. The number of halogens is 3. The summed E-state index contributed by atoms with van der Waals surface area (Å²) in [5, 5.41) is 3.48. The van der Waals surface area contributed by atoms with Crippen molar-refractivity contribution in [1.29, 1.82) is 0 Å². The molecule has 0 saturated carbocycles. The highest BCUT2D eigenvalue weighted by atomic mass is 79.9. The highest BCUT2D eigenvalue weighted by Gasteiger charge is 2.21. The van der Waals surface area contributed by atoms with Gasteiger partial charge in [0, 0.05) is 25.2 Å². The molecule has 5 heteroatoms. The zero-order valence-corrected chi connectivity index (χ0v) is 12.6. The summed E-state index contributed by atoms with van der Waals surface area (Å²) in [4.78, 5) is 1.93. The van der Waals surface area contributed by atoms with Crippen LogP contribution in [0.5, 0.6) is 0 Å². The van der Waals surface area contributed by atoms with Gasteiger partial charge >= 0.3 is 0 Å². The molecule has 0 aliphatic carbocycles. The van der Waals surface area contributed by atoms with Gasteiger partial charge in [0.15, 0.2) is 0 Å². The largest absolute Gasteiger partial charge is 0.369 e. The molecular weight excluding hydrogens is 314 g/mol. The van der Waals surface area contributed by atoms with Gasteiger partial charge in [0.2, 0.25) is 0 Å². The monoisotopic (exact) mass is 332 g/mol. The second-order valence-electron chi connectivity index (χ2n) is 4.93. The number of piperidine rings is 1. The fraction of sp³-hybridized carbons (Fsp3) is 0.571. The third kappa shape index (κ3) is 3.66. The van der Waals surface area contributed by atoms with E-state index in [1.807, 2.05) is 4.90 Å². The Hall–Kier alpha value is -0.680. The molecule has 2 nitrogen and oxygen atoms in total. The van der Waals surface area contributed by atoms with Crippen LogP contribution in [0.2, 0.25) is 0 Å². The van der Waals surface area contributed by atoms with Crippen molar-refractivity contribution in [3.8, 4) is 0 Å². The molecule has 2 rings (SSSR count). The highest BCUT2D eigenvalue weighted by Crippen LogP contribution is 2.28. The summed E-state index contributed by atoms with van der Waals surface area (Å²) in [7, 11) is 0. The van der Waals surface area contributed by atoms with Gasteiger partial charge in [-0.15, -0.1) is 0 Å². The summed E-state index contributed by atoms with van der Waals surface area (Å²) in [6, 6.07) is 2.98. The van der Waals surface area contributed by atoms with Gasteiger partial charge in [0.1, 0.15) is 11.6 Å². The number of benzene rings is 1. The van der Waals surface area contributed by atoms with Crippen molar-refractivity contribution in [3.05, 3.63) is 28.2 Å². The zero-order valence-electron chi connectivity index (χ0n) is 11.1. The van der Waals surface area contributed by atoms with E-state index < -0.39 is 5.82 Å². The number of nitrogens with one attached hydrogen (secondary N) is 1. The van der Waals surface area contributed by atoms with Crippen LogP contribution in [-0.4, -0.2) is 25.7 Å². The molecule has 1 aliphatic rings. The number of rotatable bonds is 4. The Morgan fingerprint density at radius 1 is 1.26 bits per heavy atom.